The first-order valence-corrected chi connectivity index (χ1v) is 6.43. The lowest BCUT2D eigenvalue weighted by atomic mass is 10.2. The highest BCUT2D eigenvalue weighted by molar-refractivity contribution is 5.70. The smallest absolute Gasteiger partial charge is 0.292 e. The summed E-state index contributed by atoms with van der Waals surface area (Å²) in [6, 6.07) is 11.2. The van der Waals surface area contributed by atoms with Crippen LogP contribution in [0.2, 0.25) is 0 Å². The first-order valence-electron chi connectivity index (χ1n) is 6.43. The number of rotatable bonds is 3. The van der Waals surface area contributed by atoms with E-state index < -0.39 is 0 Å². The zero-order valence-electron chi connectivity index (χ0n) is 11.4. The van der Waals surface area contributed by atoms with E-state index in [-0.39, 0.29) is 11.2 Å². The number of H-pyrrole nitrogens is 2. The summed E-state index contributed by atoms with van der Waals surface area (Å²) in [4.78, 5) is 15.8. The van der Waals surface area contributed by atoms with Gasteiger partial charge in [-0.05, 0) is 31.2 Å². The summed E-state index contributed by atoms with van der Waals surface area (Å²) in [7, 11) is 0. The molecule has 0 atom stereocenters. The van der Waals surface area contributed by atoms with Crippen LogP contribution in [-0.2, 0) is 0 Å². The van der Waals surface area contributed by atoms with Crippen molar-refractivity contribution in [3.8, 4) is 11.3 Å². The van der Waals surface area contributed by atoms with Crippen LogP contribution in [0.25, 0.3) is 11.3 Å². The average Bonchev–Trinajstić information content (AvgIpc) is 2.89. The van der Waals surface area contributed by atoms with E-state index in [2.05, 4.69) is 25.4 Å². The number of aromatic nitrogens is 3. The predicted octanol–water partition coefficient (Wildman–Crippen LogP) is 3.49. The Hall–Kier alpha value is -3.02. The van der Waals surface area contributed by atoms with Gasteiger partial charge in [0.2, 0.25) is 0 Å². The van der Waals surface area contributed by atoms with Gasteiger partial charge in [-0.3, -0.25) is 20.0 Å². The molecule has 3 rings (SSSR count). The van der Waals surface area contributed by atoms with Gasteiger partial charge >= 0.3 is 0 Å². The highest BCUT2D eigenvalue weighted by Crippen LogP contribution is 2.25. The quantitative estimate of drug-likeness (QED) is 0.719. The molecule has 0 unspecified atom stereocenters. The van der Waals surface area contributed by atoms with Crippen LogP contribution in [0, 0.1) is 6.92 Å². The maximum absolute atomic E-state index is 11.8. The number of nitrogens with zero attached hydrogens (tertiary/aromatic N) is 3. The molecule has 104 valence electrons. The Bertz CT molecular complexity index is 815. The molecule has 0 saturated heterocycles. The monoisotopic (exact) mass is 279 g/mol. The molecule has 2 N–H and O–H groups in total. The molecule has 0 saturated carbocycles. The largest absolute Gasteiger partial charge is 0.295 e. The Kier molecular flexibility index (Phi) is 3.42. The molecule has 6 heteroatoms. The first-order chi connectivity index (χ1) is 10.2. The van der Waals surface area contributed by atoms with Crippen molar-refractivity contribution in [3.05, 3.63) is 64.7 Å². The number of nitrogens with one attached hydrogen (secondary N) is 2. The van der Waals surface area contributed by atoms with E-state index in [1.165, 1.54) is 0 Å². The summed E-state index contributed by atoms with van der Waals surface area (Å²) >= 11 is 0. The Balaban J connectivity index is 1.98. The lowest BCUT2D eigenvalue weighted by molar-refractivity contribution is 1.06. The lowest BCUT2D eigenvalue weighted by Crippen LogP contribution is -1.96. The normalized spacial score (nSPS) is 11.1. The van der Waals surface area contributed by atoms with Crippen molar-refractivity contribution >= 4 is 11.4 Å². The molecular weight excluding hydrogens is 266 g/mol. The fraction of sp³-hybridized carbons (Fsp3) is 0.0667. The van der Waals surface area contributed by atoms with E-state index in [0.29, 0.717) is 11.4 Å². The molecule has 2 aromatic heterocycles. The summed E-state index contributed by atoms with van der Waals surface area (Å²) in [5.41, 5.74) is 3.20. The second kappa shape index (κ2) is 5.54. The highest BCUT2D eigenvalue weighted by Gasteiger charge is 2.11. The maximum Gasteiger partial charge on any atom is 0.292 e. The first kappa shape index (κ1) is 13.0. The van der Waals surface area contributed by atoms with E-state index in [4.69, 9.17) is 0 Å². The van der Waals surface area contributed by atoms with E-state index in [1.54, 1.807) is 24.5 Å². The van der Waals surface area contributed by atoms with E-state index >= 15 is 0 Å². The number of pyridine rings is 1. The van der Waals surface area contributed by atoms with Gasteiger partial charge in [0.25, 0.3) is 5.56 Å². The van der Waals surface area contributed by atoms with Gasteiger partial charge in [-0.2, -0.15) is 5.11 Å². The Morgan fingerprint density at radius 1 is 0.952 bits per heavy atom. The van der Waals surface area contributed by atoms with Crippen molar-refractivity contribution in [2.45, 2.75) is 6.92 Å². The molecule has 0 spiro atoms. The number of aryl methyl sites for hydroxylation is 1. The summed E-state index contributed by atoms with van der Waals surface area (Å²) in [5, 5.41) is 13.5. The third-order valence-electron chi connectivity index (χ3n) is 3.02. The number of hydrogen-bond donors (Lipinski definition) is 2. The van der Waals surface area contributed by atoms with E-state index in [9.17, 15) is 4.79 Å². The minimum Gasteiger partial charge on any atom is -0.295 e. The van der Waals surface area contributed by atoms with E-state index in [0.717, 1.165) is 11.1 Å². The molecule has 0 aliphatic heterocycles. The minimum absolute atomic E-state index is 0.252. The van der Waals surface area contributed by atoms with Crippen LogP contribution < -0.4 is 5.56 Å². The summed E-state index contributed by atoms with van der Waals surface area (Å²) in [6.07, 6.45) is 3.31. The molecule has 0 aliphatic rings. The zero-order chi connectivity index (χ0) is 14.7. The molecule has 21 heavy (non-hydrogen) atoms. The van der Waals surface area contributed by atoms with Crippen molar-refractivity contribution in [2.24, 2.45) is 10.2 Å². The molecule has 0 radical (unpaired) electrons. The van der Waals surface area contributed by atoms with Crippen molar-refractivity contribution in [2.75, 3.05) is 0 Å². The molecule has 0 fully saturated rings. The Labute approximate surface area is 120 Å². The van der Waals surface area contributed by atoms with Crippen molar-refractivity contribution in [1.82, 2.24) is 15.2 Å². The van der Waals surface area contributed by atoms with Crippen LogP contribution in [0.3, 0.4) is 0 Å². The standard InChI is InChI=1S/C15H13N5O/c1-10-2-4-12(5-3-10)17-19-14-13(18-20-15(14)21)11-6-8-16-9-7-11/h2-9H,1H3,(H2,18,20,21). The van der Waals surface area contributed by atoms with Crippen molar-refractivity contribution < 1.29 is 0 Å². The SMILES string of the molecule is Cc1ccc(N=Nc2c(-c3ccncc3)[nH][nH]c2=O)cc1. The molecular formula is C15H13N5O. The number of benzene rings is 1. The minimum atomic E-state index is -0.308. The molecule has 6 nitrogen and oxygen atoms in total. The molecule has 0 aliphatic carbocycles. The average molecular weight is 279 g/mol. The number of hydrogen-bond acceptors (Lipinski definition) is 4. The van der Waals surface area contributed by atoms with Gasteiger partial charge < -0.3 is 0 Å². The van der Waals surface area contributed by atoms with Gasteiger partial charge in [-0.25, -0.2) is 0 Å². The van der Waals surface area contributed by atoms with Gasteiger partial charge in [-0.1, -0.05) is 17.7 Å². The van der Waals surface area contributed by atoms with Crippen molar-refractivity contribution in [3.63, 3.8) is 0 Å². The molecule has 1 aromatic carbocycles. The zero-order valence-corrected chi connectivity index (χ0v) is 11.4. The lowest BCUT2D eigenvalue weighted by Gasteiger charge is -1.97. The van der Waals surface area contributed by atoms with Crippen LogP contribution >= 0.6 is 0 Å². The van der Waals surface area contributed by atoms with Gasteiger partial charge in [0, 0.05) is 18.0 Å². The maximum atomic E-state index is 11.8. The van der Waals surface area contributed by atoms with Crippen LogP contribution in [-0.4, -0.2) is 15.2 Å². The van der Waals surface area contributed by atoms with Gasteiger partial charge in [0.05, 0.1) is 11.4 Å². The summed E-state index contributed by atoms with van der Waals surface area (Å²) in [6.45, 7) is 2.00. The summed E-state index contributed by atoms with van der Waals surface area (Å²) < 4.78 is 0. The fourth-order valence-electron chi connectivity index (χ4n) is 1.89. The number of aromatic amines is 2. The molecule has 2 heterocycles. The fourth-order valence-corrected chi connectivity index (χ4v) is 1.89. The third-order valence-corrected chi connectivity index (χ3v) is 3.02. The third kappa shape index (κ3) is 2.79. The molecule has 0 amide bonds. The van der Waals surface area contributed by atoms with Gasteiger partial charge in [0.15, 0.2) is 5.69 Å². The van der Waals surface area contributed by atoms with Crippen LogP contribution in [0.15, 0.2) is 63.8 Å². The van der Waals surface area contributed by atoms with Crippen LogP contribution in [0.4, 0.5) is 11.4 Å². The summed E-state index contributed by atoms with van der Waals surface area (Å²) in [5.74, 6) is 0. The predicted molar refractivity (Wildman–Crippen MR) is 80.0 cm³/mol. The van der Waals surface area contributed by atoms with Gasteiger partial charge in [-0.15, -0.1) is 5.11 Å². The highest BCUT2D eigenvalue weighted by atomic mass is 16.1. The van der Waals surface area contributed by atoms with Crippen LogP contribution in [0.1, 0.15) is 5.56 Å². The second-order valence-electron chi connectivity index (χ2n) is 4.57. The Morgan fingerprint density at radius 3 is 2.38 bits per heavy atom. The number of azo groups is 1. The van der Waals surface area contributed by atoms with E-state index in [1.807, 2.05) is 31.2 Å². The molecule has 0 bridgehead atoms. The second-order valence-corrected chi connectivity index (χ2v) is 4.57. The van der Waals surface area contributed by atoms with Crippen molar-refractivity contribution in [1.29, 1.82) is 0 Å². The Morgan fingerprint density at radius 2 is 1.67 bits per heavy atom. The van der Waals surface area contributed by atoms with Gasteiger partial charge in [0.1, 0.15) is 0 Å². The molecule has 3 aromatic rings. The topological polar surface area (TPSA) is 86.3 Å². The van der Waals surface area contributed by atoms with Crippen LogP contribution in [0.5, 0.6) is 0 Å².